The summed E-state index contributed by atoms with van der Waals surface area (Å²) in [5, 5.41) is 6.15. The van der Waals surface area contributed by atoms with Crippen molar-refractivity contribution in [1.29, 1.82) is 0 Å². The van der Waals surface area contributed by atoms with E-state index in [4.69, 9.17) is 4.98 Å². The quantitative estimate of drug-likeness (QED) is 0.317. The van der Waals surface area contributed by atoms with Gasteiger partial charge < -0.3 is 5.32 Å². The third kappa shape index (κ3) is 5.06. The molecule has 0 saturated carbocycles. The van der Waals surface area contributed by atoms with E-state index in [0.717, 1.165) is 23.2 Å². The summed E-state index contributed by atoms with van der Waals surface area (Å²) < 4.78 is 1.69. The van der Waals surface area contributed by atoms with Crippen LogP contribution in [0.25, 0.3) is 10.9 Å². The highest BCUT2D eigenvalue weighted by molar-refractivity contribution is 7.99. The molecule has 0 atom stereocenters. The minimum atomic E-state index is -0.121. The first-order valence-corrected chi connectivity index (χ1v) is 11.9. The predicted octanol–water partition coefficient (Wildman–Crippen LogP) is 5.05. The molecule has 2 aromatic carbocycles. The summed E-state index contributed by atoms with van der Waals surface area (Å²) in [6.45, 7) is 4.52. The molecule has 2 aromatic heterocycles. The number of carbonyl (C=O) groups excluding carboxylic acids is 1. The van der Waals surface area contributed by atoms with Gasteiger partial charge in [0.15, 0.2) is 5.16 Å². The Balaban J connectivity index is 1.55. The van der Waals surface area contributed by atoms with Gasteiger partial charge in [0.1, 0.15) is 0 Å². The molecule has 2 heterocycles. The molecule has 5 nitrogen and oxygen atoms in total. The topological polar surface area (TPSA) is 64.0 Å². The number of aromatic nitrogens is 2. The highest BCUT2D eigenvalue weighted by Crippen LogP contribution is 2.21. The van der Waals surface area contributed by atoms with Crippen LogP contribution >= 0.6 is 23.1 Å². The van der Waals surface area contributed by atoms with Gasteiger partial charge in [-0.15, -0.1) is 11.3 Å². The zero-order chi connectivity index (χ0) is 21.8. The largest absolute Gasteiger partial charge is 0.325 e. The highest BCUT2D eigenvalue weighted by Gasteiger charge is 2.14. The van der Waals surface area contributed by atoms with Crippen molar-refractivity contribution in [2.75, 3.05) is 11.1 Å². The van der Waals surface area contributed by atoms with Gasteiger partial charge in [-0.05, 0) is 55.5 Å². The summed E-state index contributed by atoms with van der Waals surface area (Å²) in [5.74, 6) is 0.0565. The van der Waals surface area contributed by atoms with Gasteiger partial charge in [0.25, 0.3) is 5.56 Å². The van der Waals surface area contributed by atoms with Crippen molar-refractivity contribution in [1.82, 2.24) is 9.55 Å². The molecule has 0 bridgehead atoms. The van der Waals surface area contributed by atoms with Crippen molar-refractivity contribution < 1.29 is 4.79 Å². The maximum atomic E-state index is 13.1. The van der Waals surface area contributed by atoms with Crippen LogP contribution in [0, 0.1) is 13.8 Å². The number of thioether (sulfide) groups is 1. The SMILES string of the molecule is Cc1ccc(NC(=O)CSc2nc3ccccc3c(=O)n2CCc2cccs2)c(C)c1. The molecule has 0 unspecified atom stereocenters. The number of thiophene rings is 1. The smallest absolute Gasteiger partial charge is 0.262 e. The summed E-state index contributed by atoms with van der Waals surface area (Å²) in [4.78, 5) is 31.6. The minimum absolute atomic E-state index is 0.0700. The highest BCUT2D eigenvalue weighted by atomic mass is 32.2. The number of amides is 1. The first-order valence-electron chi connectivity index (χ1n) is 10.0. The molecule has 0 aliphatic heterocycles. The lowest BCUT2D eigenvalue weighted by atomic mass is 10.1. The predicted molar refractivity (Wildman–Crippen MR) is 129 cm³/mol. The monoisotopic (exact) mass is 449 g/mol. The Hall–Kier alpha value is -2.90. The maximum Gasteiger partial charge on any atom is 0.262 e. The van der Waals surface area contributed by atoms with E-state index in [1.54, 1.807) is 22.0 Å². The zero-order valence-electron chi connectivity index (χ0n) is 17.4. The molecular formula is C24H23N3O2S2. The fourth-order valence-electron chi connectivity index (χ4n) is 3.40. The molecule has 7 heteroatoms. The van der Waals surface area contributed by atoms with E-state index in [-0.39, 0.29) is 17.2 Å². The first kappa shape index (κ1) is 21.3. The maximum absolute atomic E-state index is 13.1. The van der Waals surface area contributed by atoms with Crippen LogP contribution in [0.1, 0.15) is 16.0 Å². The molecule has 1 amide bonds. The van der Waals surface area contributed by atoms with Crippen LogP contribution in [0.2, 0.25) is 0 Å². The van der Waals surface area contributed by atoms with E-state index in [1.165, 1.54) is 16.6 Å². The van der Waals surface area contributed by atoms with Gasteiger partial charge in [-0.2, -0.15) is 0 Å². The molecular weight excluding hydrogens is 426 g/mol. The third-order valence-electron chi connectivity index (χ3n) is 4.98. The van der Waals surface area contributed by atoms with Gasteiger partial charge in [0.2, 0.25) is 5.91 Å². The summed E-state index contributed by atoms with van der Waals surface area (Å²) in [6, 6.07) is 17.3. The minimum Gasteiger partial charge on any atom is -0.325 e. The molecule has 158 valence electrons. The molecule has 0 spiro atoms. The van der Waals surface area contributed by atoms with Crippen molar-refractivity contribution in [2.24, 2.45) is 0 Å². The van der Waals surface area contributed by atoms with E-state index < -0.39 is 0 Å². The van der Waals surface area contributed by atoms with Crippen molar-refractivity contribution in [3.63, 3.8) is 0 Å². The Kier molecular flexibility index (Phi) is 6.53. The van der Waals surface area contributed by atoms with Crippen LogP contribution in [0.3, 0.4) is 0 Å². The second-order valence-corrected chi connectivity index (χ2v) is 9.33. The lowest BCUT2D eigenvalue weighted by Gasteiger charge is -2.13. The average molecular weight is 450 g/mol. The van der Waals surface area contributed by atoms with Gasteiger partial charge in [0, 0.05) is 17.1 Å². The normalized spacial score (nSPS) is 11.0. The number of para-hydroxylation sites is 1. The molecule has 4 rings (SSSR count). The second-order valence-electron chi connectivity index (χ2n) is 7.35. The van der Waals surface area contributed by atoms with Crippen LogP contribution in [0.4, 0.5) is 5.69 Å². The molecule has 0 radical (unpaired) electrons. The molecule has 1 N–H and O–H groups in total. The summed E-state index contributed by atoms with van der Waals surface area (Å²) in [6.07, 6.45) is 0.750. The van der Waals surface area contributed by atoms with Crippen molar-refractivity contribution in [3.8, 4) is 0 Å². The Labute approximate surface area is 189 Å². The van der Waals surface area contributed by atoms with E-state index in [0.29, 0.717) is 22.6 Å². The number of nitrogens with zero attached hydrogens (tertiary/aromatic N) is 2. The number of aryl methyl sites for hydroxylation is 3. The molecule has 0 aliphatic rings. The van der Waals surface area contributed by atoms with Crippen molar-refractivity contribution in [2.45, 2.75) is 32.0 Å². The standard InChI is InChI=1S/C24H23N3O2S2/c1-16-9-10-20(17(2)14-16)25-22(28)15-31-24-26-21-8-4-3-7-19(21)23(29)27(24)12-11-18-6-5-13-30-18/h3-10,13-14H,11-12,15H2,1-2H3,(H,25,28). The number of anilines is 1. The molecule has 0 aliphatic carbocycles. The average Bonchev–Trinajstić information content (AvgIpc) is 3.27. The fourth-order valence-corrected chi connectivity index (χ4v) is 4.93. The summed E-state index contributed by atoms with van der Waals surface area (Å²) >= 11 is 2.97. The zero-order valence-corrected chi connectivity index (χ0v) is 19.1. The molecule has 0 saturated heterocycles. The Bertz CT molecular complexity index is 1280. The van der Waals surface area contributed by atoms with Crippen molar-refractivity contribution >= 4 is 45.6 Å². The van der Waals surface area contributed by atoms with Gasteiger partial charge >= 0.3 is 0 Å². The number of fused-ring (bicyclic) bond motifs is 1. The Morgan fingerprint density at radius 1 is 1.13 bits per heavy atom. The number of nitrogens with one attached hydrogen (secondary N) is 1. The molecule has 0 fully saturated rings. The Morgan fingerprint density at radius 2 is 1.97 bits per heavy atom. The molecule has 4 aromatic rings. The third-order valence-corrected chi connectivity index (χ3v) is 6.89. The first-order chi connectivity index (χ1) is 15.0. The molecule has 31 heavy (non-hydrogen) atoms. The van der Waals surface area contributed by atoms with Gasteiger partial charge in [-0.3, -0.25) is 14.2 Å². The Morgan fingerprint density at radius 3 is 2.74 bits per heavy atom. The number of hydrogen-bond acceptors (Lipinski definition) is 5. The number of benzene rings is 2. The number of hydrogen-bond donors (Lipinski definition) is 1. The lowest BCUT2D eigenvalue weighted by Crippen LogP contribution is -2.25. The number of carbonyl (C=O) groups is 1. The van der Waals surface area contributed by atoms with E-state index in [9.17, 15) is 9.59 Å². The van der Waals surface area contributed by atoms with Crippen LogP contribution in [0.15, 0.2) is 69.9 Å². The van der Waals surface area contributed by atoms with Crippen LogP contribution in [-0.2, 0) is 17.8 Å². The van der Waals surface area contributed by atoms with E-state index in [2.05, 4.69) is 11.4 Å². The van der Waals surface area contributed by atoms with Crippen LogP contribution < -0.4 is 10.9 Å². The van der Waals surface area contributed by atoms with Gasteiger partial charge in [0.05, 0.1) is 16.7 Å². The number of rotatable bonds is 7. The van der Waals surface area contributed by atoms with Crippen LogP contribution in [0.5, 0.6) is 0 Å². The van der Waals surface area contributed by atoms with Crippen LogP contribution in [-0.4, -0.2) is 21.2 Å². The van der Waals surface area contributed by atoms with Crippen molar-refractivity contribution in [3.05, 3.63) is 86.3 Å². The van der Waals surface area contributed by atoms with E-state index in [1.807, 2.05) is 61.7 Å². The van der Waals surface area contributed by atoms with Gasteiger partial charge in [-0.25, -0.2) is 4.98 Å². The van der Waals surface area contributed by atoms with E-state index >= 15 is 0 Å². The summed E-state index contributed by atoms with van der Waals surface area (Å²) in [7, 11) is 0. The van der Waals surface area contributed by atoms with Gasteiger partial charge in [-0.1, -0.05) is 47.7 Å². The second kappa shape index (κ2) is 9.49. The fraction of sp³-hybridized carbons (Fsp3) is 0.208. The lowest BCUT2D eigenvalue weighted by molar-refractivity contribution is -0.113. The summed E-state index contributed by atoms with van der Waals surface area (Å²) in [5.41, 5.74) is 3.56.